The first kappa shape index (κ1) is 10.5. The van der Waals surface area contributed by atoms with E-state index in [1.807, 2.05) is 0 Å². The first-order valence-corrected chi connectivity index (χ1v) is 5.37. The largest absolute Gasteiger partial charge is 0.393 e. The highest BCUT2D eigenvalue weighted by atomic mass is 16.3. The van der Waals surface area contributed by atoms with Gasteiger partial charge >= 0.3 is 0 Å². The summed E-state index contributed by atoms with van der Waals surface area (Å²) in [5.41, 5.74) is 0. The smallest absolute Gasteiger partial charge is 0.188 e. The summed E-state index contributed by atoms with van der Waals surface area (Å²) < 4.78 is 0. The van der Waals surface area contributed by atoms with Crippen molar-refractivity contribution >= 4 is 0 Å². The number of hydrogen-bond acceptors (Lipinski definition) is 5. The molecule has 6 heteroatoms. The molecule has 2 unspecified atom stereocenters. The molecular formula is C9H17N5O. The highest BCUT2D eigenvalue weighted by Crippen LogP contribution is 2.24. The van der Waals surface area contributed by atoms with Crippen molar-refractivity contribution in [2.45, 2.75) is 31.9 Å². The number of tetrazole rings is 1. The second-order valence-corrected chi connectivity index (χ2v) is 4.08. The van der Waals surface area contributed by atoms with Crippen LogP contribution in [0.2, 0.25) is 0 Å². The lowest BCUT2D eigenvalue weighted by atomic mass is 10.1. The van der Waals surface area contributed by atoms with E-state index < -0.39 is 0 Å². The van der Waals surface area contributed by atoms with Crippen LogP contribution in [0.3, 0.4) is 0 Å². The van der Waals surface area contributed by atoms with Gasteiger partial charge in [-0.15, -0.1) is 10.2 Å². The van der Waals surface area contributed by atoms with E-state index in [-0.39, 0.29) is 6.10 Å². The van der Waals surface area contributed by atoms with Crippen molar-refractivity contribution in [1.82, 2.24) is 25.5 Å². The van der Waals surface area contributed by atoms with Crippen molar-refractivity contribution in [3.8, 4) is 0 Å². The van der Waals surface area contributed by atoms with Crippen molar-refractivity contribution < 1.29 is 5.11 Å². The number of aliphatic hydroxyl groups is 1. The predicted molar refractivity (Wildman–Crippen MR) is 53.9 cm³/mol. The number of rotatable bonds is 4. The van der Waals surface area contributed by atoms with Crippen LogP contribution in [0, 0.1) is 5.92 Å². The molecule has 2 atom stereocenters. The highest BCUT2D eigenvalue weighted by Gasteiger charge is 2.24. The Morgan fingerprint density at radius 3 is 3.00 bits per heavy atom. The minimum absolute atomic E-state index is 0.132. The first-order chi connectivity index (χ1) is 7.25. The summed E-state index contributed by atoms with van der Waals surface area (Å²) in [5, 5.41) is 24.5. The molecule has 6 nitrogen and oxygen atoms in total. The molecule has 0 saturated heterocycles. The van der Waals surface area contributed by atoms with Gasteiger partial charge in [0.25, 0.3) is 0 Å². The topological polar surface area (TPSA) is 75.9 Å². The minimum atomic E-state index is -0.132. The zero-order chi connectivity index (χ0) is 10.7. The molecule has 84 valence electrons. The zero-order valence-electron chi connectivity index (χ0n) is 8.93. The Bertz CT molecular complexity index is 313. The number of nitrogens with one attached hydrogen (secondary N) is 1. The van der Waals surface area contributed by atoms with Crippen molar-refractivity contribution in [1.29, 1.82) is 0 Å². The van der Waals surface area contributed by atoms with Gasteiger partial charge < -0.3 is 10.4 Å². The Morgan fingerprint density at radius 2 is 2.40 bits per heavy atom. The third kappa shape index (κ3) is 2.73. The van der Waals surface area contributed by atoms with E-state index in [0.29, 0.717) is 18.3 Å². The lowest BCUT2D eigenvalue weighted by Gasteiger charge is -2.13. The maximum Gasteiger partial charge on any atom is 0.188 e. The first-order valence-electron chi connectivity index (χ1n) is 5.37. The van der Waals surface area contributed by atoms with E-state index in [0.717, 1.165) is 25.8 Å². The lowest BCUT2D eigenvalue weighted by molar-refractivity contribution is 0.131. The Balaban J connectivity index is 1.70. The SMILES string of the molecule is Cn1nnc(CNCC2CCCC2O)n1. The van der Waals surface area contributed by atoms with E-state index in [2.05, 4.69) is 20.7 Å². The fourth-order valence-corrected chi connectivity index (χ4v) is 2.02. The lowest BCUT2D eigenvalue weighted by Crippen LogP contribution is -2.27. The second kappa shape index (κ2) is 4.67. The van der Waals surface area contributed by atoms with E-state index in [4.69, 9.17) is 0 Å². The summed E-state index contributed by atoms with van der Waals surface area (Å²) in [6, 6.07) is 0. The van der Waals surface area contributed by atoms with Gasteiger partial charge in [-0.1, -0.05) is 6.42 Å². The van der Waals surface area contributed by atoms with Crippen LogP contribution in [0.15, 0.2) is 0 Å². The van der Waals surface area contributed by atoms with Gasteiger partial charge in [-0.2, -0.15) is 4.80 Å². The zero-order valence-corrected chi connectivity index (χ0v) is 8.93. The molecule has 0 aromatic carbocycles. The number of aryl methyl sites for hydroxylation is 1. The standard InChI is InChI=1S/C9H17N5O/c1-14-12-9(11-13-14)6-10-5-7-3-2-4-8(7)15/h7-8,10,15H,2-6H2,1H3. The minimum Gasteiger partial charge on any atom is -0.393 e. The Kier molecular flexibility index (Phi) is 3.27. The van der Waals surface area contributed by atoms with Crippen LogP contribution in [0.4, 0.5) is 0 Å². The highest BCUT2D eigenvalue weighted by molar-refractivity contribution is 4.80. The van der Waals surface area contributed by atoms with Gasteiger partial charge in [-0.3, -0.25) is 0 Å². The fourth-order valence-electron chi connectivity index (χ4n) is 2.02. The Morgan fingerprint density at radius 1 is 1.53 bits per heavy atom. The molecule has 2 rings (SSSR count). The van der Waals surface area contributed by atoms with Crippen molar-refractivity contribution in [3.05, 3.63) is 5.82 Å². The molecule has 0 amide bonds. The molecule has 1 aliphatic rings. The number of aliphatic hydroxyl groups excluding tert-OH is 1. The Hall–Kier alpha value is -1.01. The monoisotopic (exact) mass is 211 g/mol. The van der Waals surface area contributed by atoms with Crippen LogP contribution >= 0.6 is 0 Å². The van der Waals surface area contributed by atoms with Crippen LogP contribution in [-0.2, 0) is 13.6 Å². The maximum atomic E-state index is 9.60. The quantitative estimate of drug-likeness (QED) is 0.699. The van der Waals surface area contributed by atoms with Gasteiger partial charge in [0.05, 0.1) is 19.7 Å². The summed E-state index contributed by atoms with van der Waals surface area (Å²) >= 11 is 0. The van der Waals surface area contributed by atoms with Crippen molar-refractivity contribution in [2.24, 2.45) is 13.0 Å². The normalized spacial score (nSPS) is 26.0. The molecule has 1 saturated carbocycles. The van der Waals surface area contributed by atoms with Gasteiger partial charge in [-0.25, -0.2) is 0 Å². The Labute approximate surface area is 88.7 Å². The van der Waals surface area contributed by atoms with Gasteiger partial charge in [0, 0.05) is 6.54 Å². The predicted octanol–water partition coefficient (Wildman–Crippen LogP) is -0.539. The van der Waals surface area contributed by atoms with Crippen LogP contribution in [0.1, 0.15) is 25.1 Å². The number of aromatic nitrogens is 4. The molecule has 2 N–H and O–H groups in total. The molecule has 0 spiro atoms. The summed E-state index contributed by atoms with van der Waals surface area (Å²) in [4.78, 5) is 1.45. The molecule has 1 aliphatic carbocycles. The van der Waals surface area contributed by atoms with Gasteiger partial charge in [0.15, 0.2) is 5.82 Å². The maximum absolute atomic E-state index is 9.60. The van der Waals surface area contributed by atoms with Gasteiger partial charge in [0.2, 0.25) is 0 Å². The van der Waals surface area contributed by atoms with Crippen molar-refractivity contribution in [2.75, 3.05) is 6.54 Å². The molecule has 1 heterocycles. The summed E-state index contributed by atoms with van der Waals surface area (Å²) in [6.07, 6.45) is 3.06. The number of hydrogen-bond donors (Lipinski definition) is 2. The number of nitrogens with zero attached hydrogens (tertiary/aromatic N) is 4. The van der Waals surface area contributed by atoms with E-state index >= 15 is 0 Å². The summed E-state index contributed by atoms with van der Waals surface area (Å²) in [7, 11) is 1.75. The molecule has 15 heavy (non-hydrogen) atoms. The summed E-state index contributed by atoms with van der Waals surface area (Å²) in [5.74, 6) is 1.09. The molecule has 1 aromatic rings. The molecule has 0 aliphatic heterocycles. The third-order valence-corrected chi connectivity index (χ3v) is 2.86. The average Bonchev–Trinajstić information content (AvgIpc) is 2.77. The second-order valence-electron chi connectivity index (χ2n) is 4.08. The van der Waals surface area contributed by atoms with Crippen LogP contribution < -0.4 is 5.32 Å². The fraction of sp³-hybridized carbons (Fsp3) is 0.889. The average molecular weight is 211 g/mol. The van der Waals surface area contributed by atoms with Gasteiger partial charge in [-0.05, 0) is 24.0 Å². The third-order valence-electron chi connectivity index (χ3n) is 2.86. The van der Waals surface area contributed by atoms with Gasteiger partial charge in [0.1, 0.15) is 0 Å². The molecule has 1 aromatic heterocycles. The molecule has 0 bridgehead atoms. The van der Waals surface area contributed by atoms with Crippen LogP contribution in [0.25, 0.3) is 0 Å². The van der Waals surface area contributed by atoms with Crippen LogP contribution in [-0.4, -0.2) is 38.0 Å². The molecule has 0 radical (unpaired) electrons. The molecule has 1 fully saturated rings. The van der Waals surface area contributed by atoms with E-state index in [1.54, 1.807) is 7.05 Å². The van der Waals surface area contributed by atoms with Crippen molar-refractivity contribution in [3.63, 3.8) is 0 Å². The summed E-state index contributed by atoms with van der Waals surface area (Å²) in [6.45, 7) is 1.45. The van der Waals surface area contributed by atoms with E-state index in [1.165, 1.54) is 4.80 Å². The van der Waals surface area contributed by atoms with E-state index in [9.17, 15) is 5.11 Å². The molecular weight excluding hydrogens is 194 g/mol. The van der Waals surface area contributed by atoms with Crippen LogP contribution in [0.5, 0.6) is 0 Å².